The zero-order valence-electron chi connectivity index (χ0n) is 11.8. The Morgan fingerprint density at radius 3 is 2.48 bits per heavy atom. The van der Waals surface area contributed by atoms with E-state index in [1.807, 2.05) is 0 Å². The van der Waals surface area contributed by atoms with Crippen LogP contribution in [0, 0.1) is 0 Å². The summed E-state index contributed by atoms with van der Waals surface area (Å²) < 4.78 is 32.8. The fraction of sp³-hybridized carbons (Fsp3) is 0.533. The minimum atomic E-state index is -3.30. The number of hydrogen-bond acceptors (Lipinski definition) is 3. The summed E-state index contributed by atoms with van der Waals surface area (Å²) in [7, 11) is 0. The van der Waals surface area contributed by atoms with Gasteiger partial charge in [-0.05, 0) is 24.8 Å². The number of nitrogens with zero attached hydrogens (tertiary/aromatic N) is 1. The average molecular weight is 298 g/mol. The fourth-order valence-corrected chi connectivity index (χ4v) is 2.31. The Morgan fingerprint density at radius 1 is 1.24 bits per heavy atom. The van der Waals surface area contributed by atoms with E-state index in [4.69, 9.17) is 10.5 Å². The molecular weight excluding hydrogens is 278 g/mol. The van der Waals surface area contributed by atoms with Crippen molar-refractivity contribution in [3.63, 3.8) is 0 Å². The smallest absolute Gasteiger partial charge is 0.411 e. The number of likely N-dealkylation sites (tertiary alicyclic amines) is 1. The molecule has 0 saturated carbocycles. The predicted octanol–water partition coefficient (Wildman–Crippen LogP) is 2.77. The molecule has 1 atom stereocenters. The van der Waals surface area contributed by atoms with Crippen LogP contribution in [0.4, 0.5) is 13.6 Å². The molecular formula is C15H20F2N2O2. The summed E-state index contributed by atoms with van der Waals surface area (Å²) >= 11 is 0. The number of hydrogen-bond donors (Lipinski definition) is 1. The first-order valence-electron chi connectivity index (χ1n) is 7.12. The van der Waals surface area contributed by atoms with E-state index in [2.05, 4.69) is 0 Å². The highest BCUT2D eigenvalue weighted by Gasteiger charge is 2.41. The lowest BCUT2D eigenvalue weighted by atomic mass is 10.1. The molecule has 1 amide bonds. The summed E-state index contributed by atoms with van der Waals surface area (Å²) in [5, 5.41) is 0. The zero-order valence-corrected chi connectivity index (χ0v) is 11.8. The molecule has 1 fully saturated rings. The van der Waals surface area contributed by atoms with Crippen LogP contribution in [0.5, 0.6) is 0 Å². The highest BCUT2D eigenvalue weighted by Crippen LogP contribution is 2.24. The molecule has 2 N–H and O–H groups in total. The van der Waals surface area contributed by atoms with E-state index in [0.717, 1.165) is 19.3 Å². The SMILES string of the molecule is N[C@H](OC(=O)N1CCCCC1)C(F)(F)Cc1ccccc1. The van der Waals surface area contributed by atoms with Gasteiger partial charge in [0, 0.05) is 19.5 Å². The van der Waals surface area contributed by atoms with Crippen LogP contribution in [0.25, 0.3) is 0 Å². The number of carbonyl (C=O) groups is 1. The second kappa shape index (κ2) is 6.85. The zero-order chi connectivity index (χ0) is 15.3. The van der Waals surface area contributed by atoms with E-state index >= 15 is 0 Å². The van der Waals surface area contributed by atoms with Crippen LogP contribution in [0.1, 0.15) is 24.8 Å². The van der Waals surface area contributed by atoms with Gasteiger partial charge in [-0.2, -0.15) is 0 Å². The molecule has 1 heterocycles. The Bertz CT molecular complexity index is 462. The Morgan fingerprint density at radius 2 is 1.86 bits per heavy atom. The quantitative estimate of drug-likeness (QED) is 0.870. The summed E-state index contributed by atoms with van der Waals surface area (Å²) in [6, 6.07) is 8.28. The minimum absolute atomic E-state index is 0.451. The van der Waals surface area contributed by atoms with Gasteiger partial charge in [0.2, 0.25) is 6.23 Å². The summed E-state index contributed by atoms with van der Waals surface area (Å²) in [4.78, 5) is 13.2. The molecule has 0 aliphatic carbocycles. The van der Waals surface area contributed by atoms with Gasteiger partial charge in [-0.15, -0.1) is 0 Å². The number of amides is 1. The van der Waals surface area contributed by atoms with Gasteiger partial charge < -0.3 is 9.64 Å². The van der Waals surface area contributed by atoms with Crippen molar-refractivity contribution in [1.29, 1.82) is 0 Å². The molecule has 4 nitrogen and oxygen atoms in total. The number of ether oxygens (including phenoxy) is 1. The Labute approximate surface area is 122 Å². The molecule has 1 aromatic rings. The highest BCUT2D eigenvalue weighted by atomic mass is 19.3. The van der Waals surface area contributed by atoms with Gasteiger partial charge in [-0.1, -0.05) is 30.3 Å². The lowest BCUT2D eigenvalue weighted by Gasteiger charge is -2.29. The van der Waals surface area contributed by atoms with Crippen molar-refractivity contribution in [2.45, 2.75) is 37.8 Å². The lowest BCUT2D eigenvalue weighted by molar-refractivity contribution is -0.113. The largest absolute Gasteiger partial charge is 0.424 e. The van der Waals surface area contributed by atoms with Crippen LogP contribution < -0.4 is 5.73 Å². The first-order chi connectivity index (χ1) is 9.99. The Hall–Kier alpha value is -1.69. The van der Waals surface area contributed by atoms with Crippen molar-refractivity contribution in [1.82, 2.24) is 4.90 Å². The molecule has 6 heteroatoms. The normalized spacial score (nSPS) is 17.4. The fourth-order valence-electron chi connectivity index (χ4n) is 2.31. The number of halogens is 2. The molecule has 0 spiro atoms. The van der Waals surface area contributed by atoms with Gasteiger partial charge >= 0.3 is 12.0 Å². The number of carbonyl (C=O) groups excluding carboxylic acids is 1. The number of piperidine rings is 1. The van der Waals surface area contributed by atoms with E-state index in [-0.39, 0.29) is 0 Å². The number of alkyl halides is 2. The maximum absolute atomic E-state index is 14.0. The van der Waals surface area contributed by atoms with Crippen molar-refractivity contribution < 1.29 is 18.3 Å². The van der Waals surface area contributed by atoms with Crippen LogP contribution in [0.15, 0.2) is 30.3 Å². The maximum Gasteiger partial charge on any atom is 0.411 e. The lowest BCUT2D eigenvalue weighted by Crippen LogP contribution is -2.49. The number of rotatable bonds is 4. The molecule has 1 saturated heterocycles. The van der Waals surface area contributed by atoms with E-state index in [9.17, 15) is 13.6 Å². The van der Waals surface area contributed by atoms with Gasteiger partial charge in [-0.3, -0.25) is 5.73 Å². The maximum atomic E-state index is 14.0. The van der Waals surface area contributed by atoms with Gasteiger partial charge in [0.15, 0.2) is 0 Å². The third-order valence-electron chi connectivity index (χ3n) is 3.54. The van der Waals surface area contributed by atoms with Crippen LogP contribution in [0.2, 0.25) is 0 Å². The predicted molar refractivity (Wildman–Crippen MR) is 75.0 cm³/mol. The van der Waals surface area contributed by atoms with E-state index in [1.54, 1.807) is 30.3 Å². The van der Waals surface area contributed by atoms with Crippen molar-refractivity contribution in [3.8, 4) is 0 Å². The molecule has 0 aromatic heterocycles. The molecule has 1 aliphatic heterocycles. The molecule has 0 bridgehead atoms. The molecule has 2 rings (SSSR count). The van der Waals surface area contributed by atoms with Crippen LogP contribution >= 0.6 is 0 Å². The standard InChI is InChI=1S/C15H20F2N2O2/c16-15(17,11-12-7-3-1-4-8-12)13(18)21-14(20)19-9-5-2-6-10-19/h1,3-4,7-8,13H,2,5-6,9-11,18H2/t13-/m1/s1. The summed E-state index contributed by atoms with van der Waals surface area (Å²) in [5.41, 5.74) is 5.84. The molecule has 21 heavy (non-hydrogen) atoms. The summed E-state index contributed by atoms with van der Waals surface area (Å²) in [6.45, 7) is 1.08. The monoisotopic (exact) mass is 298 g/mol. The molecule has 116 valence electrons. The minimum Gasteiger partial charge on any atom is -0.424 e. The van der Waals surface area contributed by atoms with Crippen molar-refractivity contribution >= 4 is 6.09 Å². The van der Waals surface area contributed by atoms with Gasteiger partial charge in [-0.25, -0.2) is 13.6 Å². The van der Waals surface area contributed by atoms with Crippen LogP contribution in [-0.4, -0.2) is 36.2 Å². The molecule has 1 aliphatic rings. The second-order valence-electron chi connectivity index (χ2n) is 5.28. The van der Waals surface area contributed by atoms with Crippen LogP contribution in [-0.2, 0) is 11.2 Å². The van der Waals surface area contributed by atoms with Gasteiger partial charge in [0.1, 0.15) is 0 Å². The van der Waals surface area contributed by atoms with E-state index in [0.29, 0.717) is 18.7 Å². The van der Waals surface area contributed by atoms with Gasteiger partial charge in [0.25, 0.3) is 0 Å². The number of benzene rings is 1. The molecule has 0 unspecified atom stereocenters. The number of nitrogens with two attached hydrogens (primary N) is 1. The third kappa shape index (κ3) is 4.39. The Kier molecular flexibility index (Phi) is 5.12. The summed E-state index contributed by atoms with van der Waals surface area (Å²) in [6.07, 6.45) is -0.473. The average Bonchev–Trinajstić information content (AvgIpc) is 2.48. The van der Waals surface area contributed by atoms with E-state index < -0.39 is 24.7 Å². The molecule has 1 aromatic carbocycles. The third-order valence-corrected chi connectivity index (χ3v) is 3.54. The highest BCUT2D eigenvalue weighted by molar-refractivity contribution is 5.67. The summed E-state index contributed by atoms with van der Waals surface area (Å²) in [5.74, 6) is -3.30. The molecule has 0 radical (unpaired) electrons. The first kappa shape index (κ1) is 15.7. The van der Waals surface area contributed by atoms with Gasteiger partial charge in [0.05, 0.1) is 0 Å². The van der Waals surface area contributed by atoms with Crippen molar-refractivity contribution in [2.75, 3.05) is 13.1 Å². The van der Waals surface area contributed by atoms with Crippen molar-refractivity contribution in [2.24, 2.45) is 5.73 Å². The van der Waals surface area contributed by atoms with Crippen LogP contribution in [0.3, 0.4) is 0 Å². The second-order valence-corrected chi connectivity index (χ2v) is 5.28. The van der Waals surface area contributed by atoms with Crippen molar-refractivity contribution in [3.05, 3.63) is 35.9 Å². The Balaban J connectivity index is 1.91. The topological polar surface area (TPSA) is 55.6 Å². The first-order valence-corrected chi connectivity index (χ1v) is 7.12. The van der Waals surface area contributed by atoms with E-state index in [1.165, 1.54) is 4.90 Å².